The van der Waals surface area contributed by atoms with E-state index in [9.17, 15) is 14.4 Å². The standard InChI is InChI=1S/C13H10O.C7H10N2O2/c14-13(11-7-3-1-4-8-11)12-9-5-2-6-10-12;1-3-6(10)8-5-9-7(11)4-2/h1-10H;3-4H,1-2,5H2,(H,8,10)(H,9,11). The van der Waals surface area contributed by atoms with Gasteiger partial charge >= 0.3 is 0 Å². The molecule has 25 heavy (non-hydrogen) atoms. The molecular weight excluding hydrogens is 316 g/mol. The second kappa shape index (κ2) is 11.1. The topological polar surface area (TPSA) is 75.3 Å². The number of benzene rings is 2. The van der Waals surface area contributed by atoms with Crippen LogP contribution in [0.3, 0.4) is 0 Å². The number of ketones is 1. The summed E-state index contributed by atoms with van der Waals surface area (Å²) in [5, 5.41) is 4.72. The van der Waals surface area contributed by atoms with E-state index in [0.717, 1.165) is 23.3 Å². The van der Waals surface area contributed by atoms with Crippen molar-refractivity contribution >= 4 is 17.6 Å². The Bertz CT molecular complexity index is 664. The van der Waals surface area contributed by atoms with Gasteiger partial charge in [0.15, 0.2) is 5.78 Å². The number of amides is 2. The molecule has 0 saturated heterocycles. The minimum atomic E-state index is -0.325. The highest BCUT2D eigenvalue weighted by Crippen LogP contribution is 2.08. The van der Waals surface area contributed by atoms with Crippen LogP contribution in [0.5, 0.6) is 0 Å². The lowest BCUT2D eigenvalue weighted by Crippen LogP contribution is -2.35. The molecule has 2 aromatic rings. The summed E-state index contributed by atoms with van der Waals surface area (Å²) in [5.41, 5.74) is 1.47. The van der Waals surface area contributed by atoms with Gasteiger partial charge in [0.25, 0.3) is 0 Å². The molecule has 128 valence electrons. The Morgan fingerprint density at radius 1 is 0.720 bits per heavy atom. The van der Waals surface area contributed by atoms with Crippen LogP contribution in [0.1, 0.15) is 15.9 Å². The van der Waals surface area contributed by atoms with Crippen LogP contribution in [-0.4, -0.2) is 24.3 Å². The molecule has 0 saturated carbocycles. The van der Waals surface area contributed by atoms with Crippen molar-refractivity contribution in [1.82, 2.24) is 10.6 Å². The molecule has 0 aromatic heterocycles. The first kappa shape index (κ1) is 19.6. The molecule has 2 N–H and O–H groups in total. The maximum Gasteiger partial charge on any atom is 0.244 e. The lowest BCUT2D eigenvalue weighted by atomic mass is 10.0. The van der Waals surface area contributed by atoms with Gasteiger partial charge in [0.2, 0.25) is 11.8 Å². The van der Waals surface area contributed by atoms with Gasteiger partial charge in [0, 0.05) is 11.1 Å². The highest BCUT2D eigenvalue weighted by Gasteiger charge is 2.06. The molecule has 5 nitrogen and oxygen atoms in total. The van der Waals surface area contributed by atoms with Gasteiger partial charge in [-0.15, -0.1) is 0 Å². The fourth-order valence-electron chi connectivity index (χ4n) is 1.71. The van der Waals surface area contributed by atoms with Crippen LogP contribution >= 0.6 is 0 Å². The molecule has 0 atom stereocenters. The average Bonchev–Trinajstić information content (AvgIpc) is 2.68. The van der Waals surface area contributed by atoms with Crippen molar-refractivity contribution in [3.05, 3.63) is 97.1 Å². The van der Waals surface area contributed by atoms with Gasteiger partial charge in [0.05, 0.1) is 6.67 Å². The van der Waals surface area contributed by atoms with E-state index in [1.807, 2.05) is 60.7 Å². The molecule has 5 heteroatoms. The summed E-state index contributed by atoms with van der Waals surface area (Å²) in [4.78, 5) is 32.8. The predicted molar refractivity (Wildman–Crippen MR) is 97.9 cm³/mol. The van der Waals surface area contributed by atoms with E-state index in [-0.39, 0.29) is 24.3 Å². The van der Waals surface area contributed by atoms with Crippen molar-refractivity contribution in [2.45, 2.75) is 0 Å². The molecule has 0 spiro atoms. The summed E-state index contributed by atoms with van der Waals surface area (Å²) in [6, 6.07) is 18.6. The van der Waals surface area contributed by atoms with Gasteiger partial charge in [-0.25, -0.2) is 0 Å². The van der Waals surface area contributed by atoms with Gasteiger partial charge in [0.1, 0.15) is 0 Å². The van der Waals surface area contributed by atoms with Crippen molar-refractivity contribution in [3.8, 4) is 0 Å². The third-order valence-electron chi connectivity index (χ3n) is 2.97. The van der Waals surface area contributed by atoms with Crippen LogP contribution in [-0.2, 0) is 9.59 Å². The van der Waals surface area contributed by atoms with Crippen molar-refractivity contribution in [3.63, 3.8) is 0 Å². The van der Waals surface area contributed by atoms with Crippen molar-refractivity contribution in [1.29, 1.82) is 0 Å². The Morgan fingerprint density at radius 3 is 1.40 bits per heavy atom. The predicted octanol–water partition coefficient (Wildman–Crippen LogP) is 2.47. The van der Waals surface area contributed by atoms with E-state index in [1.165, 1.54) is 0 Å². The summed E-state index contributed by atoms with van der Waals surface area (Å²) in [6.07, 6.45) is 2.25. The molecular formula is C20H20N2O3. The number of carbonyl (C=O) groups excluding carboxylic acids is 3. The molecule has 0 bridgehead atoms. The highest BCUT2D eigenvalue weighted by atomic mass is 16.2. The molecule has 2 aromatic carbocycles. The van der Waals surface area contributed by atoms with E-state index in [2.05, 4.69) is 23.8 Å². The first-order valence-electron chi connectivity index (χ1n) is 7.53. The molecule has 0 aliphatic heterocycles. The van der Waals surface area contributed by atoms with Gasteiger partial charge < -0.3 is 10.6 Å². The summed E-state index contributed by atoms with van der Waals surface area (Å²) in [6.45, 7) is 6.56. The number of rotatable bonds is 6. The lowest BCUT2D eigenvalue weighted by Gasteiger charge is -2.01. The van der Waals surface area contributed by atoms with E-state index >= 15 is 0 Å². The summed E-state index contributed by atoms with van der Waals surface area (Å²) in [7, 11) is 0. The zero-order valence-corrected chi connectivity index (χ0v) is 13.8. The lowest BCUT2D eigenvalue weighted by molar-refractivity contribution is -0.118. The zero-order valence-electron chi connectivity index (χ0n) is 13.8. The quantitative estimate of drug-likeness (QED) is 0.483. The average molecular weight is 336 g/mol. The molecule has 0 aliphatic rings. The fourth-order valence-corrected chi connectivity index (χ4v) is 1.71. The summed E-state index contributed by atoms with van der Waals surface area (Å²) < 4.78 is 0. The fraction of sp³-hybridized carbons (Fsp3) is 0.0500. The Kier molecular flexibility index (Phi) is 8.71. The van der Waals surface area contributed by atoms with Crippen LogP contribution < -0.4 is 10.6 Å². The van der Waals surface area contributed by atoms with E-state index in [1.54, 1.807) is 0 Å². The normalized spacial score (nSPS) is 8.96. The first-order valence-corrected chi connectivity index (χ1v) is 7.53. The maximum absolute atomic E-state index is 11.8. The number of hydrogen-bond donors (Lipinski definition) is 2. The van der Waals surface area contributed by atoms with Crippen LogP contribution in [0.25, 0.3) is 0 Å². The van der Waals surface area contributed by atoms with E-state index < -0.39 is 0 Å². The second-order valence-corrected chi connectivity index (χ2v) is 4.73. The summed E-state index contributed by atoms with van der Waals surface area (Å²) >= 11 is 0. The van der Waals surface area contributed by atoms with E-state index in [4.69, 9.17) is 0 Å². The van der Waals surface area contributed by atoms with Crippen LogP contribution in [0.2, 0.25) is 0 Å². The Hall–Kier alpha value is -3.47. The zero-order chi connectivity index (χ0) is 18.5. The monoisotopic (exact) mass is 336 g/mol. The Morgan fingerprint density at radius 2 is 1.08 bits per heavy atom. The molecule has 0 fully saturated rings. The molecule has 0 unspecified atom stereocenters. The van der Waals surface area contributed by atoms with Crippen LogP contribution in [0, 0.1) is 0 Å². The smallest absolute Gasteiger partial charge is 0.244 e. The molecule has 0 aliphatic carbocycles. The number of nitrogens with one attached hydrogen (secondary N) is 2. The van der Waals surface area contributed by atoms with Gasteiger partial charge in [-0.1, -0.05) is 73.8 Å². The molecule has 0 heterocycles. The largest absolute Gasteiger partial charge is 0.335 e. The minimum Gasteiger partial charge on any atom is -0.335 e. The third kappa shape index (κ3) is 7.56. The van der Waals surface area contributed by atoms with Crippen LogP contribution in [0.15, 0.2) is 86.0 Å². The number of carbonyl (C=O) groups is 3. The molecule has 2 amide bonds. The van der Waals surface area contributed by atoms with Gasteiger partial charge in [-0.2, -0.15) is 0 Å². The van der Waals surface area contributed by atoms with Gasteiger partial charge in [-0.3, -0.25) is 14.4 Å². The molecule has 0 radical (unpaired) electrons. The Balaban J connectivity index is 0.000000260. The Labute approximate surface area is 147 Å². The van der Waals surface area contributed by atoms with E-state index in [0.29, 0.717) is 0 Å². The second-order valence-electron chi connectivity index (χ2n) is 4.73. The summed E-state index contributed by atoms with van der Waals surface area (Å²) in [5.74, 6) is -0.574. The number of hydrogen-bond acceptors (Lipinski definition) is 3. The van der Waals surface area contributed by atoms with Gasteiger partial charge in [-0.05, 0) is 12.2 Å². The first-order chi connectivity index (χ1) is 12.1. The van der Waals surface area contributed by atoms with Crippen molar-refractivity contribution in [2.75, 3.05) is 6.67 Å². The minimum absolute atomic E-state index is 0.0752. The highest BCUT2D eigenvalue weighted by molar-refractivity contribution is 6.08. The van der Waals surface area contributed by atoms with Crippen LogP contribution in [0.4, 0.5) is 0 Å². The van der Waals surface area contributed by atoms with Crippen molar-refractivity contribution < 1.29 is 14.4 Å². The maximum atomic E-state index is 11.8. The van der Waals surface area contributed by atoms with Crippen molar-refractivity contribution in [2.24, 2.45) is 0 Å². The molecule has 2 rings (SSSR count). The SMILES string of the molecule is C=CC(=O)NCNC(=O)C=C.O=C(c1ccccc1)c1ccccc1. The third-order valence-corrected chi connectivity index (χ3v) is 2.97.